The van der Waals surface area contributed by atoms with Gasteiger partial charge in [-0.05, 0) is 18.4 Å². The predicted molar refractivity (Wildman–Crippen MR) is 59.4 cm³/mol. The van der Waals surface area contributed by atoms with Gasteiger partial charge in [0.05, 0.1) is 6.26 Å². The van der Waals surface area contributed by atoms with Gasteiger partial charge in [-0.3, -0.25) is 0 Å². The van der Waals surface area contributed by atoms with Gasteiger partial charge in [0, 0.05) is 5.39 Å². The lowest BCUT2D eigenvalue weighted by Crippen LogP contribution is -1.82. The van der Waals surface area contributed by atoms with Crippen molar-refractivity contribution < 1.29 is 4.74 Å². The fraction of sp³-hybridized carbons (Fsp3) is 0.0769. The molecule has 0 saturated heterocycles. The quantitative estimate of drug-likeness (QED) is 0.646. The number of benzene rings is 2. The monoisotopic (exact) mass is 184 g/mol. The maximum Gasteiger partial charge on any atom is 0.134 e. The SMILES string of the molecule is C/C=C/Oc1cccc2ccccc12. The maximum absolute atomic E-state index is 5.49. The van der Waals surface area contributed by atoms with Gasteiger partial charge in [0.2, 0.25) is 0 Å². The van der Waals surface area contributed by atoms with Crippen LogP contribution in [0.5, 0.6) is 5.75 Å². The number of hydrogen-bond acceptors (Lipinski definition) is 1. The number of hydrogen-bond donors (Lipinski definition) is 0. The van der Waals surface area contributed by atoms with Crippen LogP contribution >= 0.6 is 0 Å². The molecule has 0 bridgehead atoms. The van der Waals surface area contributed by atoms with Crippen molar-refractivity contribution in [3.8, 4) is 5.75 Å². The van der Waals surface area contributed by atoms with E-state index in [4.69, 9.17) is 4.74 Å². The van der Waals surface area contributed by atoms with Crippen LogP contribution in [0.2, 0.25) is 0 Å². The van der Waals surface area contributed by atoms with Crippen LogP contribution in [0.4, 0.5) is 0 Å². The topological polar surface area (TPSA) is 9.23 Å². The van der Waals surface area contributed by atoms with Crippen molar-refractivity contribution in [1.82, 2.24) is 0 Å². The lowest BCUT2D eigenvalue weighted by Gasteiger charge is -2.04. The molecule has 1 nitrogen and oxygen atoms in total. The second-order valence-electron chi connectivity index (χ2n) is 3.06. The molecule has 2 aromatic carbocycles. The van der Waals surface area contributed by atoms with Crippen molar-refractivity contribution in [2.75, 3.05) is 0 Å². The molecule has 0 aromatic heterocycles. The summed E-state index contributed by atoms with van der Waals surface area (Å²) in [6.45, 7) is 1.94. The third kappa shape index (κ3) is 1.62. The summed E-state index contributed by atoms with van der Waals surface area (Å²) in [5.41, 5.74) is 0. The van der Waals surface area contributed by atoms with Gasteiger partial charge < -0.3 is 4.74 Å². The third-order valence-electron chi connectivity index (χ3n) is 2.08. The van der Waals surface area contributed by atoms with Gasteiger partial charge in [0.15, 0.2) is 0 Å². The zero-order valence-electron chi connectivity index (χ0n) is 8.10. The van der Waals surface area contributed by atoms with E-state index >= 15 is 0 Å². The minimum atomic E-state index is 0.904. The molecule has 0 aliphatic carbocycles. The Morgan fingerprint density at radius 2 is 1.79 bits per heavy atom. The van der Waals surface area contributed by atoms with Crippen LogP contribution in [-0.2, 0) is 0 Å². The highest BCUT2D eigenvalue weighted by atomic mass is 16.5. The molecule has 0 N–H and O–H groups in total. The van der Waals surface area contributed by atoms with Crippen LogP contribution in [0.25, 0.3) is 10.8 Å². The Bertz CT molecular complexity index is 452. The van der Waals surface area contributed by atoms with Crippen molar-refractivity contribution in [1.29, 1.82) is 0 Å². The second kappa shape index (κ2) is 3.97. The van der Waals surface area contributed by atoms with Crippen LogP contribution in [0, 0.1) is 0 Å². The molecular formula is C13H12O. The minimum Gasteiger partial charge on any atom is -0.465 e. The summed E-state index contributed by atoms with van der Waals surface area (Å²) in [4.78, 5) is 0. The van der Waals surface area contributed by atoms with Crippen molar-refractivity contribution in [2.45, 2.75) is 6.92 Å². The van der Waals surface area contributed by atoms with Crippen molar-refractivity contribution in [3.05, 3.63) is 54.8 Å². The summed E-state index contributed by atoms with van der Waals surface area (Å²) in [5.74, 6) is 0.904. The Morgan fingerprint density at radius 1 is 1.00 bits per heavy atom. The summed E-state index contributed by atoms with van der Waals surface area (Å²) >= 11 is 0. The van der Waals surface area contributed by atoms with Crippen LogP contribution in [0.15, 0.2) is 54.8 Å². The average molecular weight is 184 g/mol. The van der Waals surface area contributed by atoms with Crippen LogP contribution in [0.1, 0.15) is 6.92 Å². The summed E-state index contributed by atoms with van der Waals surface area (Å²) in [6, 6.07) is 14.2. The first-order valence-electron chi connectivity index (χ1n) is 4.67. The lowest BCUT2D eigenvalue weighted by atomic mass is 10.1. The van der Waals surface area contributed by atoms with E-state index in [0.29, 0.717) is 0 Å². The van der Waals surface area contributed by atoms with Gasteiger partial charge in [-0.25, -0.2) is 0 Å². The van der Waals surface area contributed by atoms with Crippen LogP contribution in [-0.4, -0.2) is 0 Å². The van der Waals surface area contributed by atoms with E-state index in [1.807, 2.05) is 37.3 Å². The Labute approximate surface area is 83.6 Å². The van der Waals surface area contributed by atoms with Crippen molar-refractivity contribution >= 4 is 10.8 Å². The predicted octanol–water partition coefficient (Wildman–Crippen LogP) is 3.75. The number of rotatable bonds is 2. The number of fused-ring (bicyclic) bond motifs is 1. The molecule has 0 unspecified atom stereocenters. The number of allylic oxidation sites excluding steroid dienone is 1. The molecule has 2 aromatic rings. The van der Waals surface area contributed by atoms with E-state index in [9.17, 15) is 0 Å². The van der Waals surface area contributed by atoms with E-state index in [-0.39, 0.29) is 0 Å². The molecule has 1 heteroatoms. The van der Waals surface area contributed by atoms with Gasteiger partial charge in [0.1, 0.15) is 5.75 Å². The fourth-order valence-corrected chi connectivity index (χ4v) is 1.44. The largest absolute Gasteiger partial charge is 0.465 e. The molecule has 0 amide bonds. The molecule has 0 saturated carbocycles. The highest BCUT2D eigenvalue weighted by molar-refractivity contribution is 5.88. The van der Waals surface area contributed by atoms with Crippen LogP contribution < -0.4 is 4.74 Å². The average Bonchev–Trinajstić information content (AvgIpc) is 2.26. The molecule has 0 radical (unpaired) electrons. The zero-order chi connectivity index (χ0) is 9.80. The molecule has 0 spiro atoms. The number of ether oxygens (including phenoxy) is 1. The smallest absolute Gasteiger partial charge is 0.134 e. The molecule has 14 heavy (non-hydrogen) atoms. The molecule has 0 heterocycles. The first-order valence-corrected chi connectivity index (χ1v) is 4.67. The molecular weight excluding hydrogens is 172 g/mol. The molecule has 0 atom stereocenters. The molecule has 70 valence electrons. The van der Waals surface area contributed by atoms with Gasteiger partial charge in [-0.15, -0.1) is 0 Å². The van der Waals surface area contributed by atoms with E-state index < -0.39 is 0 Å². The summed E-state index contributed by atoms with van der Waals surface area (Å²) in [7, 11) is 0. The zero-order valence-corrected chi connectivity index (χ0v) is 8.10. The van der Waals surface area contributed by atoms with E-state index in [2.05, 4.69) is 18.2 Å². The molecule has 0 fully saturated rings. The minimum absolute atomic E-state index is 0.904. The van der Waals surface area contributed by atoms with E-state index in [0.717, 1.165) is 11.1 Å². The highest BCUT2D eigenvalue weighted by Crippen LogP contribution is 2.25. The highest BCUT2D eigenvalue weighted by Gasteiger charge is 1.98. The first-order chi connectivity index (χ1) is 6.92. The summed E-state index contributed by atoms with van der Waals surface area (Å²) in [5, 5.41) is 2.35. The molecule has 0 aliphatic rings. The van der Waals surface area contributed by atoms with Crippen molar-refractivity contribution in [3.63, 3.8) is 0 Å². The van der Waals surface area contributed by atoms with Crippen LogP contribution in [0.3, 0.4) is 0 Å². The summed E-state index contributed by atoms with van der Waals surface area (Å²) in [6.07, 6.45) is 3.57. The first kappa shape index (κ1) is 8.82. The second-order valence-corrected chi connectivity index (χ2v) is 3.06. The third-order valence-corrected chi connectivity index (χ3v) is 2.08. The van der Waals surface area contributed by atoms with Gasteiger partial charge in [-0.2, -0.15) is 0 Å². The fourth-order valence-electron chi connectivity index (χ4n) is 1.44. The van der Waals surface area contributed by atoms with Gasteiger partial charge in [-0.1, -0.05) is 42.5 Å². The van der Waals surface area contributed by atoms with Gasteiger partial charge >= 0.3 is 0 Å². The Hall–Kier alpha value is -1.76. The van der Waals surface area contributed by atoms with E-state index in [1.54, 1.807) is 6.26 Å². The normalized spacial score (nSPS) is 10.9. The standard InChI is InChI=1S/C13H12O/c1-2-10-14-13-9-5-7-11-6-3-4-8-12(11)13/h2-10H,1H3/b10-2+. The Kier molecular flexibility index (Phi) is 2.50. The lowest BCUT2D eigenvalue weighted by molar-refractivity contribution is 0.486. The molecule has 2 rings (SSSR count). The Balaban J connectivity index is 2.53. The molecule has 0 aliphatic heterocycles. The van der Waals surface area contributed by atoms with E-state index in [1.165, 1.54) is 5.39 Å². The van der Waals surface area contributed by atoms with Gasteiger partial charge in [0.25, 0.3) is 0 Å². The Morgan fingerprint density at radius 3 is 2.64 bits per heavy atom. The maximum atomic E-state index is 5.49. The van der Waals surface area contributed by atoms with Crippen molar-refractivity contribution in [2.24, 2.45) is 0 Å². The summed E-state index contributed by atoms with van der Waals surface area (Å²) < 4.78 is 5.49.